The van der Waals surface area contributed by atoms with Crippen LogP contribution < -0.4 is 5.32 Å². The normalized spacial score (nSPS) is 21.5. The topological polar surface area (TPSA) is 67.9 Å². The number of halogens is 2. The van der Waals surface area contributed by atoms with Gasteiger partial charge >= 0.3 is 12.2 Å². The molecule has 128 valence electrons. The number of hydrogen-bond donors (Lipinski definition) is 1. The van der Waals surface area contributed by atoms with E-state index in [4.69, 9.17) is 9.47 Å². The summed E-state index contributed by atoms with van der Waals surface area (Å²) >= 11 is 0. The molecule has 0 aromatic heterocycles. The smallest absolute Gasteiger partial charge is 0.410 e. The van der Waals surface area contributed by atoms with Crippen molar-refractivity contribution in [1.82, 2.24) is 10.2 Å². The van der Waals surface area contributed by atoms with Crippen molar-refractivity contribution in [2.75, 3.05) is 13.1 Å². The predicted octanol–water partition coefficient (Wildman–Crippen LogP) is 2.77. The van der Waals surface area contributed by atoms with Crippen molar-refractivity contribution < 1.29 is 27.8 Å². The van der Waals surface area contributed by atoms with E-state index < -0.39 is 41.9 Å². The summed E-state index contributed by atoms with van der Waals surface area (Å²) in [5.74, 6) is -3.24. The van der Waals surface area contributed by atoms with Gasteiger partial charge in [-0.2, -0.15) is 0 Å². The average molecular weight is 322 g/mol. The second-order valence-corrected chi connectivity index (χ2v) is 7.32. The van der Waals surface area contributed by atoms with Crippen LogP contribution >= 0.6 is 0 Å². The summed E-state index contributed by atoms with van der Waals surface area (Å²) in [4.78, 5) is 24.3. The first-order valence-corrected chi connectivity index (χ1v) is 7.05. The molecule has 6 nitrogen and oxygen atoms in total. The molecule has 0 bridgehead atoms. The fourth-order valence-corrected chi connectivity index (χ4v) is 1.85. The van der Waals surface area contributed by atoms with E-state index in [2.05, 4.69) is 5.32 Å². The van der Waals surface area contributed by atoms with Crippen LogP contribution in [0.15, 0.2) is 0 Å². The van der Waals surface area contributed by atoms with Gasteiger partial charge < -0.3 is 14.8 Å². The summed E-state index contributed by atoms with van der Waals surface area (Å²) in [7, 11) is 0. The van der Waals surface area contributed by atoms with Gasteiger partial charge in [-0.3, -0.25) is 4.90 Å². The SMILES string of the molecule is CC(C)(C)OC(=O)N[C@@H]1CN(C(=O)OC(C)(C)C)CC1(F)F. The largest absolute Gasteiger partial charge is 0.444 e. The van der Waals surface area contributed by atoms with Gasteiger partial charge in [0.15, 0.2) is 0 Å². The summed E-state index contributed by atoms with van der Waals surface area (Å²) in [6.07, 6.45) is -1.77. The van der Waals surface area contributed by atoms with Crippen LogP contribution in [0, 0.1) is 0 Å². The van der Waals surface area contributed by atoms with Crippen molar-refractivity contribution in [3.63, 3.8) is 0 Å². The molecule has 1 rings (SSSR count). The molecule has 0 radical (unpaired) electrons. The highest BCUT2D eigenvalue weighted by Gasteiger charge is 2.51. The van der Waals surface area contributed by atoms with Crippen LogP contribution in [0.5, 0.6) is 0 Å². The van der Waals surface area contributed by atoms with Crippen LogP contribution in [0.1, 0.15) is 41.5 Å². The second kappa shape index (κ2) is 5.89. The molecule has 0 saturated carbocycles. The molecule has 0 aromatic carbocycles. The molecule has 1 heterocycles. The van der Waals surface area contributed by atoms with Gasteiger partial charge in [0.05, 0.1) is 13.1 Å². The van der Waals surface area contributed by atoms with E-state index in [-0.39, 0.29) is 6.54 Å². The maximum absolute atomic E-state index is 13.9. The van der Waals surface area contributed by atoms with Crippen LogP contribution in [-0.2, 0) is 9.47 Å². The van der Waals surface area contributed by atoms with Crippen molar-refractivity contribution >= 4 is 12.2 Å². The zero-order valence-corrected chi connectivity index (χ0v) is 13.8. The number of amides is 2. The molecule has 1 N–H and O–H groups in total. The Bertz CT molecular complexity index is 441. The molecule has 22 heavy (non-hydrogen) atoms. The Hall–Kier alpha value is -1.60. The molecule has 0 aliphatic carbocycles. The Morgan fingerprint density at radius 3 is 2.05 bits per heavy atom. The van der Waals surface area contributed by atoms with E-state index in [1.54, 1.807) is 41.5 Å². The maximum atomic E-state index is 13.9. The summed E-state index contributed by atoms with van der Waals surface area (Å²) in [5.41, 5.74) is -1.56. The lowest BCUT2D eigenvalue weighted by Gasteiger charge is -2.24. The van der Waals surface area contributed by atoms with Gasteiger partial charge in [-0.25, -0.2) is 18.4 Å². The highest BCUT2D eigenvalue weighted by Crippen LogP contribution is 2.29. The molecular weight excluding hydrogens is 298 g/mol. The molecule has 1 saturated heterocycles. The van der Waals surface area contributed by atoms with E-state index in [9.17, 15) is 18.4 Å². The van der Waals surface area contributed by atoms with Crippen molar-refractivity contribution in [2.45, 2.75) is 64.7 Å². The monoisotopic (exact) mass is 322 g/mol. The van der Waals surface area contributed by atoms with E-state index in [0.29, 0.717) is 0 Å². The van der Waals surface area contributed by atoms with E-state index in [1.165, 1.54) is 0 Å². The van der Waals surface area contributed by atoms with Gasteiger partial charge in [0, 0.05) is 0 Å². The van der Waals surface area contributed by atoms with E-state index in [1.807, 2.05) is 0 Å². The number of carbonyl (C=O) groups is 2. The fourth-order valence-electron chi connectivity index (χ4n) is 1.85. The lowest BCUT2D eigenvalue weighted by atomic mass is 10.2. The highest BCUT2D eigenvalue weighted by atomic mass is 19.3. The number of nitrogens with zero attached hydrogens (tertiary/aromatic N) is 1. The molecule has 0 spiro atoms. The minimum Gasteiger partial charge on any atom is -0.444 e. The molecule has 8 heteroatoms. The number of ether oxygens (including phenoxy) is 2. The fraction of sp³-hybridized carbons (Fsp3) is 0.857. The van der Waals surface area contributed by atoms with Crippen molar-refractivity contribution in [2.24, 2.45) is 0 Å². The average Bonchev–Trinajstić information content (AvgIpc) is 2.49. The Balaban J connectivity index is 2.67. The van der Waals surface area contributed by atoms with Crippen LogP contribution in [0.3, 0.4) is 0 Å². The van der Waals surface area contributed by atoms with Gasteiger partial charge in [0.25, 0.3) is 5.92 Å². The number of likely N-dealkylation sites (tertiary alicyclic amines) is 1. The Morgan fingerprint density at radius 2 is 1.59 bits per heavy atom. The highest BCUT2D eigenvalue weighted by molar-refractivity contribution is 5.71. The Kier molecular flexibility index (Phi) is 4.94. The van der Waals surface area contributed by atoms with Gasteiger partial charge in [0.1, 0.15) is 17.2 Å². The number of nitrogens with one attached hydrogen (secondary N) is 1. The number of alkyl carbamates (subject to hydrolysis) is 1. The third-order valence-electron chi connectivity index (χ3n) is 2.66. The maximum Gasteiger partial charge on any atom is 0.410 e. The first kappa shape index (κ1) is 18.4. The minimum atomic E-state index is -3.24. The van der Waals surface area contributed by atoms with Crippen LogP contribution in [-0.4, -0.2) is 53.3 Å². The number of rotatable bonds is 1. The molecule has 1 fully saturated rings. The zero-order chi connectivity index (χ0) is 17.3. The molecule has 0 aromatic rings. The van der Waals surface area contributed by atoms with Crippen molar-refractivity contribution in [3.05, 3.63) is 0 Å². The third-order valence-corrected chi connectivity index (χ3v) is 2.66. The summed E-state index contributed by atoms with van der Waals surface area (Å²) in [5, 5.41) is 2.11. The van der Waals surface area contributed by atoms with Crippen molar-refractivity contribution in [3.8, 4) is 0 Å². The first-order chi connectivity index (χ1) is 9.70. The van der Waals surface area contributed by atoms with Gasteiger partial charge in [-0.05, 0) is 41.5 Å². The van der Waals surface area contributed by atoms with E-state index in [0.717, 1.165) is 4.90 Å². The van der Waals surface area contributed by atoms with Gasteiger partial charge in [-0.15, -0.1) is 0 Å². The quantitative estimate of drug-likeness (QED) is 0.806. The Morgan fingerprint density at radius 1 is 1.09 bits per heavy atom. The summed E-state index contributed by atoms with van der Waals surface area (Å²) in [6.45, 7) is 8.70. The second-order valence-electron chi connectivity index (χ2n) is 7.32. The number of alkyl halides is 2. The lowest BCUT2D eigenvalue weighted by molar-refractivity contribution is -0.0200. The lowest BCUT2D eigenvalue weighted by Crippen LogP contribution is -2.48. The molecule has 2 amide bonds. The minimum absolute atomic E-state index is 0.332. The molecule has 1 atom stereocenters. The van der Waals surface area contributed by atoms with Crippen LogP contribution in [0.25, 0.3) is 0 Å². The summed E-state index contributed by atoms with van der Waals surface area (Å²) < 4.78 is 37.9. The molecule has 1 aliphatic rings. The van der Waals surface area contributed by atoms with Gasteiger partial charge in [0.2, 0.25) is 0 Å². The standard InChI is InChI=1S/C14H24F2N2O4/c1-12(2,3)21-10(19)17-9-7-18(8-14(9,15)16)11(20)22-13(4,5)6/h9H,7-8H2,1-6H3,(H,17,19)/t9-/m1/s1. The van der Waals surface area contributed by atoms with Crippen LogP contribution in [0.2, 0.25) is 0 Å². The van der Waals surface area contributed by atoms with Crippen molar-refractivity contribution in [1.29, 1.82) is 0 Å². The summed E-state index contributed by atoms with van der Waals surface area (Å²) in [6, 6.07) is -1.50. The van der Waals surface area contributed by atoms with Crippen LogP contribution in [0.4, 0.5) is 18.4 Å². The van der Waals surface area contributed by atoms with Gasteiger partial charge in [-0.1, -0.05) is 0 Å². The number of carbonyl (C=O) groups excluding carboxylic acids is 2. The molecular formula is C14H24F2N2O4. The predicted molar refractivity (Wildman–Crippen MR) is 75.9 cm³/mol. The number of hydrogen-bond acceptors (Lipinski definition) is 4. The first-order valence-electron chi connectivity index (χ1n) is 7.05. The zero-order valence-electron chi connectivity index (χ0n) is 13.8. The third kappa shape index (κ3) is 5.65. The van der Waals surface area contributed by atoms with E-state index >= 15 is 0 Å². The molecule has 0 unspecified atom stereocenters. The molecule has 1 aliphatic heterocycles. The Labute approximate surface area is 129 Å².